The van der Waals surface area contributed by atoms with Crippen LogP contribution < -0.4 is 0 Å². The minimum atomic E-state index is -1.45. The Morgan fingerprint density at radius 2 is 1.50 bits per heavy atom. The lowest BCUT2D eigenvalue weighted by Gasteiger charge is -2.49. The predicted octanol–water partition coefficient (Wildman–Crippen LogP) is 3.16. The van der Waals surface area contributed by atoms with Crippen LogP contribution in [0.2, 0.25) is 0 Å². The molecule has 4 aliphatic carbocycles. The third kappa shape index (κ3) is 4.08. The summed E-state index contributed by atoms with van der Waals surface area (Å²) in [4.78, 5) is 22.9. The summed E-state index contributed by atoms with van der Waals surface area (Å²) in [5.41, 5.74) is 0. The maximum atomic E-state index is 11.8. The summed E-state index contributed by atoms with van der Waals surface area (Å²) in [5.74, 6) is -2.02. The van der Waals surface area contributed by atoms with Gasteiger partial charge in [-0.1, -0.05) is 13.8 Å². The molecule has 0 aromatic heterocycles. The van der Waals surface area contributed by atoms with E-state index in [0.29, 0.717) is 44.1 Å². The van der Waals surface area contributed by atoms with Gasteiger partial charge >= 0.3 is 5.97 Å². The molecule has 0 aromatic rings. The number of carbonyl (C=O) groups excluding carboxylic acids is 1. The van der Waals surface area contributed by atoms with Crippen molar-refractivity contribution in [2.45, 2.75) is 83.7 Å². The SMILES string of the molecule is CCOC(=O)C1CCC(O)(OOC2(O)C(C)CC3CC(C3)CC2C)CC1. The molecule has 2 N–H and O–H groups in total. The molecule has 0 saturated heterocycles. The predicted molar refractivity (Wildman–Crippen MR) is 94.4 cm³/mol. The molecule has 6 heteroatoms. The quantitative estimate of drug-likeness (QED) is 0.335. The first-order chi connectivity index (χ1) is 12.3. The van der Waals surface area contributed by atoms with Crippen LogP contribution in [0.3, 0.4) is 0 Å². The summed E-state index contributed by atoms with van der Waals surface area (Å²) < 4.78 is 5.06. The topological polar surface area (TPSA) is 85.2 Å². The highest BCUT2D eigenvalue weighted by Crippen LogP contribution is 2.50. The van der Waals surface area contributed by atoms with Gasteiger partial charge < -0.3 is 14.9 Å². The average molecular weight is 370 g/mol. The Morgan fingerprint density at radius 3 is 2.00 bits per heavy atom. The second-order valence-electron chi connectivity index (χ2n) is 8.87. The van der Waals surface area contributed by atoms with Crippen LogP contribution in [0.15, 0.2) is 0 Å². The Balaban J connectivity index is 1.56. The van der Waals surface area contributed by atoms with Gasteiger partial charge in [-0.2, -0.15) is 9.78 Å². The van der Waals surface area contributed by atoms with Crippen LogP contribution in [0.25, 0.3) is 0 Å². The molecule has 4 fully saturated rings. The van der Waals surface area contributed by atoms with Crippen LogP contribution in [0.4, 0.5) is 0 Å². The second kappa shape index (κ2) is 7.74. The standard InChI is InChI=1S/C20H34O6/c1-4-24-18(21)17-5-7-19(22,8-6-17)25-26-20(23)13(2)9-15-11-16(12-15)10-14(20)3/h13-17,22-23H,4-12H2,1-3H3. The molecule has 0 spiro atoms. The van der Waals surface area contributed by atoms with Gasteiger partial charge in [-0.05, 0) is 57.3 Å². The molecule has 2 unspecified atom stereocenters. The van der Waals surface area contributed by atoms with Crippen LogP contribution in [-0.2, 0) is 19.3 Å². The summed E-state index contributed by atoms with van der Waals surface area (Å²) in [6, 6.07) is 0. The van der Waals surface area contributed by atoms with Crippen molar-refractivity contribution in [3.8, 4) is 0 Å². The average Bonchev–Trinajstić information content (AvgIpc) is 2.57. The van der Waals surface area contributed by atoms with E-state index in [1.54, 1.807) is 6.92 Å². The summed E-state index contributed by atoms with van der Waals surface area (Å²) in [7, 11) is 0. The highest BCUT2D eigenvalue weighted by atomic mass is 17.2. The molecule has 0 amide bonds. The van der Waals surface area contributed by atoms with Crippen molar-refractivity contribution in [3.05, 3.63) is 0 Å². The van der Waals surface area contributed by atoms with Crippen molar-refractivity contribution in [1.29, 1.82) is 0 Å². The van der Waals surface area contributed by atoms with Crippen molar-refractivity contribution in [3.63, 3.8) is 0 Å². The van der Waals surface area contributed by atoms with Crippen molar-refractivity contribution >= 4 is 5.97 Å². The Bertz CT molecular complexity index is 477. The van der Waals surface area contributed by atoms with E-state index in [1.807, 2.05) is 13.8 Å². The number of hydrogen-bond donors (Lipinski definition) is 2. The van der Waals surface area contributed by atoms with Gasteiger partial charge in [0.2, 0.25) is 5.79 Å². The van der Waals surface area contributed by atoms with Gasteiger partial charge in [-0.25, -0.2) is 0 Å². The van der Waals surface area contributed by atoms with Gasteiger partial charge in [0, 0.05) is 24.7 Å². The molecule has 4 rings (SSSR count). The number of carbonyl (C=O) groups is 1. The summed E-state index contributed by atoms with van der Waals surface area (Å²) in [5, 5.41) is 21.9. The second-order valence-corrected chi connectivity index (χ2v) is 8.87. The van der Waals surface area contributed by atoms with Gasteiger partial charge in [-0.15, -0.1) is 0 Å². The van der Waals surface area contributed by atoms with E-state index >= 15 is 0 Å². The molecule has 6 nitrogen and oxygen atoms in total. The van der Waals surface area contributed by atoms with Crippen molar-refractivity contribution in [2.75, 3.05) is 6.61 Å². The van der Waals surface area contributed by atoms with E-state index in [9.17, 15) is 15.0 Å². The molecule has 4 saturated carbocycles. The third-order valence-electron chi connectivity index (χ3n) is 6.84. The Labute approximate surface area is 156 Å². The number of fused-ring (bicyclic) bond motifs is 4. The van der Waals surface area contributed by atoms with Gasteiger partial charge in [0.15, 0.2) is 5.79 Å². The van der Waals surface area contributed by atoms with Gasteiger partial charge in [0.05, 0.1) is 12.5 Å². The van der Waals surface area contributed by atoms with Gasteiger partial charge in [-0.3, -0.25) is 4.79 Å². The highest BCUT2D eigenvalue weighted by molar-refractivity contribution is 5.72. The van der Waals surface area contributed by atoms with E-state index in [4.69, 9.17) is 14.5 Å². The minimum Gasteiger partial charge on any atom is -0.466 e. The molecule has 26 heavy (non-hydrogen) atoms. The number of rotatable bonds is 5. The molecule has 2 atom stereocenters. The van der Waals surface area contributed by atoms with Crippen LogP contribution in [0, 0.1) is 29.6 Å². The molecule has 0 aromatic carbocycles. The molecule has 0 aliphatic heterocycles. The maximum Gasteiger partial charge on any atom is 0.308 e. The lowest BCUT2D eigenvalue weighted by Crippen LogP contribution is -2.52. The molecule has 4 aliphatic rings. The summed E-state index contributed by atoms with van der Waals surface area (Å²) in [6.07, 6.45) is 5.92. The van der Waals surface area contributed by atoms with E-state index in [1.165, 1.54) is 12.8 Å². The lowest BCUT2D eigenvalue weighted by atomic mass is 9.62. The number of ether oxygens (including phenoxy) is 1. The number of aliphatic hydroxyl groups is 2. The van der Waals surface area contributed by atoms with E-state index in [2.05, 4.69) is 0 Å². The van der Waals surface area contributed by atoms with Crippen LogP contribution >= 0.6 is 0 Å². The molecule has 2 bridgehead atoms. The molecule has 150 valence electrons. The highest BCUT2D eigenvalue weighted by Gasteiger charge is 2.50. The smallest absolute Gasteiger partial charge is 0.308 e. The Kier molecular flexibility index (Phi) is 5.97. The van der Waals surface area contributed by atoms with Crippen LogP contribution in [-0.4, -0.2) is 34.4 Å². The van der Waals surface area contributed by atoms with Crippen molar-refractivity contribution in [1.82, 2.24) is 0 Å². The molecular weight excluding hydrogens is 336 g/mol. The van der Waals surface area contributed by atoms with Crippen LogP contribution in [0.1, 0.15) is 72.1 Å². The fourth-order valence-corrected chi connectivity index (χ4v) is 5.04. The fourth-order valence-electron chi connectivity index (χ4n) is 5.04. The third-order valence-corrected chi connectivity index (χ3v) is 6.84. The number of esters is 1. The number of hydrogen-bond acceptors (Lipinski definition) is 6. The lowest BCUT2D eigenvalue weighted by molar-refractivity contribution is -0.517. The molecular formula is C20H34O6. The van der Waals surface area contributed by atoms with E-state index in [0.717, 1.165) is 12.8 Å². The fraction of sp³-hybridized carbons (Fsp3) is 0.950. The maximum absolute atomic E-state index is 11.8. The van der Waals surface area contributed by atoms with Crippen molar-refractivity contribution in [2.24, 2.45) is 29.6 Å². The Hall–Kier alpha value is -0.690. The van der Waals surface area contributed by atoms with E-state index in [-0.39, 0.29) is 23.7 Å². The Morgan fingerprint density at radius 1 is 0.962 bits per heavy atom. The zero-order valence-corrected chi connectivity index (χ0v) is 16.3. The first-order valence-electron chi connectivity index (χ1n) is 10.2. The first kappa shape index (κ1) is 20.1. The summed E-state index contributed by atoms with van der Waals surface area (Å²) in [6.45, 7) is 6.15. The summed E-state index contributed by atoms with van der Waals surface area (Å²) >= 11 is 0. The minimum absolute atomic E-state index is 0.0526. The van der Waals surface area contributed by atoms with Crippen LogP contribution in [0.5, 0.6) is 0 Å². The zero-order chi connectivity index (χ0) is 18.9. The monoisotopic (exact) mass is 370 g/mol. The molecule has 0 radical (unpaired) electrons. The normalized spacial score (nSPS) is 46.0. The molecule has 0 heterocycles. The van der Waals surface area contributed by atoms with Gasteiger partial charge in [0.1, 0.15) is 0 Å². The van der Waals surface area contributed by atoms with Gasteiger partial charge in [0.25, 0.3) is 0 Å². The zero-order valence-electron chi connectivity index (χ0n) is 16.3. The van der Waals surface area contributed by atoms with Crippen molar-refractivity contribution < 1.29 is 29.5 Å². The van der Waals surface area contributed by atoms with E-state index < -0.39 is 11.6 Å². The first-order valence-corrected chi connectivity index (χ1v) is 10.2. The largest absolute Gasteiger partial charge is 0.466 e.